The van der Waals surface area contributed by atoms with Crippen molar-refractivity contribution in [1.29, 1.82) is 0 Å². The molecule has 0 radical (unpaired) electrons. The number of nitrogens with zero attached hydrogens (tertiary/aromatic N) is 1. The molecule has 0 bridgehead atoms. The molecule has 0 heterocycles. The van der Waals surface area contributed by atoms with Gasteiger partial charge in [-0.05, 0) is 25.5 Å². The van der Waals surface area contributed by atoms with Crippen LogP contribution in [0, 0.1) is 17.0 Å². The third-order valence-electron chi connectivity index (χ3n) is 2.40. The predicted octanol–water partition coefficient (Wildman–Crippen LogP) is 1.50. The molecule has 0 aliphatic heterocycles. The van der Waals surface area contributed by atoms with Crippen LogP contribution in [0.25, 0.3) is 0 Å². The van der Waals surface area contributed by atoms with Crippen molar-refractivity contribution in [2.75, 3.05) is 0 Å². The van der Waals surface area contributed by atoms with Crippen molar-refractivity contribution in [3.8, 4) is 5.75 Å². The SMILES string of the molecule is C=CC(C)Oc1cc(C)c(S(N)(=O)=O)cc1[N+](=O)[O-]. The fraction of sp³-hybridized carbons (Fsp3) is 0.273. The van der Waals surface area contributed by atoms with Crippen LogP contribution < -0.4 is 9.88 Å². The first kappa shape index (κ1) is 15.1. The summed E-state index contributed by atoms with van der Waals surface area (Å²) >= 11 is 0. The molecule has 0 spiro atoms. The lowest BCUT2D eigenvalue weighted by molar-refractivity contribution is -0.386. The highest BCUT2D eigenvalue weighted by atomic mass is 32.2. The molecule has 0 aliphatic carbocycles. The number of hydrogen-bond acceptors (Lipinski definition) is 5. The minimum atomic E-state index is -4.02. The van der Waals surface area contributed by atoms with Crippen LogP contribution in [0.1, 0.15) is 12.5 Å². The lowest BCUT2D eigenvalue weighted by atomic mass is 10.2. The summed E-state index contributed by atoms with van der Waals surface area (Å²) < 4.78 is 27.9. The molecule has 0 aromatic heterocycles. The van der Waals surface area contributed by atoms with Crippen LogP contribution in [0.15, 0.2) is 29.7 Å². The second-order valence-electron chi connectivity index (χ2n) is 3.95. The Morgan fingerprint density at radius 3 is 2.53 bits per heavy atom. The maximum atomic E-state index is 11.3. The zero-order valence-corrected chi connectivity index (χ0v) is 11.3. The summed E-state index contributed by atoms with van der Waals surface area (Å²) in [6, 6.07) is 2.17. The van der Waals surface area contributed by atoms with Crippen molar-refractivity contribution < 1.29 is 18.1 Å². The van der Waals surface area contributed by atoms with E-state index in [0.717, 1.165) is 6.07 Å². The first-order valence-corrected chi connectivity index (χ1v) is 6.82. The third kappa shape index (κ3) is 3.52. The number of nitro benzene ring substituents is 1. The Bertz CT molecular complexity index is 624. The van der Waals surface area contributed by atoms with Gasteiger partial charge < -0.3 is 4.74 Å². The van der Waals surface area contributed by atoms with Gasteiger partial charge in [-0.3, -0.25) is 10.1 Å². The van der Waals surface area contributed by atoms with Crippen LogP contribution in [0.2, 0.25) is 0 Å². The molecule has 0 fully saturated rings. The number of hydrogen-bond donors (Lipinski definition) is 1. The van der Waals surface area contributed by atoms with Crippen LogP contribution in [0.3, 0.4) is 0 Å². The minimum absolute atomic E-state index is 0.0256. The average molecular weight is 286 g/mol. The molecular formula is C11H14N2O5S. The number of aryl methyl sites for hydroxylation is 1. The van der Waals surface area contributed by atoms with Crippen molar-refractivity contribution >= 4 is 15.7 Å². The first-order valence-electron chi connectivity index (χ1n) is 5.28. The smallest absolute Gasteiger partial charge is 0.312 e. The molecule has 0 amide bonds. The highest BCUT2D eigenvalue weighted by molar-refractivity contribution is 7.89. The monoisotopic (exact) mass is 286 g/mol. The van der Waals surface area contributed by atoms with Gasteiger partial charge in [0.1, 0.15) is 6.10 Å². The second-order valence-corrected chi connectivity index (χ2v) is 5.48. The Morgan fingerprint density at radius 1 is 1.53 bits per heavy atom. The van der Waals surface area contributed by atoms with Crippen LogP contribution in [-0.4, -0.2) is 19.4 Å². The van der Waals surface area contributed by atoms with E-state index >= 15 is 0 Å². The summed E-state index contributed by atoms with van der Waals surface area (Å²) in [5, 5.41) is 15.9. The Balaban J connectivity index is 3.46. The van der Waals surface area contributed by atoms with Gasteiger partial charge in [-0.2, -0.15) is 0 Å². The van der Waals surface area contributed by atoms with Gasteiger partial charge in [0.05, 0.1) is 9.82 Å². The molecule has 7 nitrogen and oxygen atoms in total. The van der Waals surface area contributed by atoms with Gasteiger partial charge in [-0.1, -0.05) is 12.7 Å². The first-order chi connectivity index (χ1) is 8.66. The molecule has 1 rings (SSSR count). The van der Waals surface area contributed by atoms with Crippen molar-refractivity contribution in [2.24, 2.45) is 5.14 Å². The number of ether oxygens (including phenoxy) is 1. The summed E-state index contributed by atoms with van der Waals surface area (Å²) in [6.07, 6.45) is 1.02. The molecule has 19 heavy (non-hydrogen) atoms. The Hall–Kier alpha value is -1.93. The predicted molar refractivity (Wildman–Crippen MR) is 69.5 cm³/mol. The van der Waals surface area contributed by atoms with E-state index in [4.69, 9.17) is 9.88 Å². The maximum Gasteiger partial charge on any atom is 0.312 e. The minimum Gasteiger partial charge on any atom is -0.480 e. The fourth-order valence-corrected chi connectivity index (χ4v) is 2.23. The second kappa shape index (κ2) is 5.37. The summed E-state index contributed by atoms with van der Waals surface area (Å²) in [4.78, 5) is 9.93. The zero-order valence-electron chi connectivity index (χ0n) is 10.5. The van der Waals surface area contributed by atoms with E-state index < -0.39 is 26.7 Å². The zero-order chi connectivity index (χ0) is 14.8. The van der Waals surface area contributed by atoms with E-state index in [2.05, 4.69) is 6.58 Å². The number of primary sulfonamides is 1. The van der Waals surface area contributed by atoms with Crippen molar-refractivity contribution in [2.45, 2.75) is 24.8 Å². The van der Waals surface area contributed by atoms with Crippen LogP contribution in [0.5, 0.6) is 5.75 Å². The van der Waals surface area contributed by atoms with Crippen molar-refractivity contribution in [3.63, 3.8) is 0 Å². The molecule has 1 aromatic rings. The molecule has 1 atom stereocenters. The summed E-state index contributed by atoms with van der Waals surface area (Å²) in [5.41, 5.74) is -0.178. The van der Waals surface area contributed by atoms with Gasteiger partial charge in [0.15, 0.2) is 5.75 Å². The quantitative estimate of drug-likeness (QED) is 0.500. The van der Waals surface area contributed by atoms with Gasteiger partial charge in [0.2, 0.25) is 10.0 Å². The molecule has 2 N–H and O–H groups in total. The van der Waals surface area contributed by atoms with E-state index in [1.54, 1.807) is 6.92 Å². The molecule has 0 saturated heterocycles. The number of nitro groups is 1. The Kier molecular flexibility index (Phi) is 4.28. The van der Waals surface area contributed by atoms with Gasteiger partial charge in [0.25, 0.3) is 0 Å². The van der Waals surface area contributed by atoms with Gasteiger partial charge >= 0.3 is 5.69 Å². The third-order valence-corrected chi connectivity index (χ3v) is 3.46. The fourth-order valence-electron chi connectivity index (χ4n) is 1.44. The van der Waals surface area contributed by atoms with E-state index in [-0.39, 0.29) is 16.2 Å². The molecule has 8 heteroatoms. The standard InChI is InChI=1S/C11H14N2O5S/c1-4-8(3)18-10-5-7(2)11(19(12,16)17)6-9(10)13(14)15/h4-6,8H,1H2,2-3H3,(H2,12,16,17). The number of nitrogens with two attached hydrogens (primary N) is 1. The Labute approximate surface area is 110 Å². The van der Waals surface area contributed by atoms with Gasteiger partial charge in [-0.15, -0.1) is 0 Å². The highest BCUT2D eigenvalue weighted by Crippen LogP contribution is 2.32. The van der Waals surface area contributed by atoms with Gasteiger partial charge in [0, 0.05) is 6.07 Å². The van der Waals surface area contributed by atoms with Crippen LogP contribution in [0.4, 0.5) is 5.69 Å². The number of benzene rings is 1. The van der Waals surface area contributed by atoms with E-state index in [1.807, 2.05) is 0 Å². The van der Waals surface area contributed by atoms with Crippen molar-refractivity contribution in [3.05, 3.63) is 40.5 Å². The lowest BCUT2D eigenvalue weighted by Gasteiger charge is -2.12. The molecule has 1 unspecified atom stereocenters. The molecule has 1 aromatic carbocycles. The number of rotatable bonds is 5. The lowest BCUT2D eigenvalue weighted by Crippen LogP contribution is -2.15. The summed E-state index contributed by atoms with van der Waals surface area (Å²) in [6.45, 7) is 6.63. The highest BCUT2D eigenvalue weighted by Gasteiger charge is 2.23. The van der Waals surface area contributed by atoms with Crippen molar-refractivity contribution in [1.82, 2.24) is 0 Å². The average Bonchev–Trinajstić information content (AvgIpc) is 2.26. The van der Waals surface area contributed by atoms with Crippen LogP contribution >= 0.6 is 0 Å². The molecule has 104 valence electrons. The van der Waals surface area contributed by atoms with E-state index in [9.17, 15) is 18.5 Å². The van der Waals surface area contributed by atoms with E-state index in [0.29, 0.717) is 0 Å². The molecule has 0 aliphatic rings. The summed E-state index contributed by atoms with van der Waals surface area (Å²) in [5.74, 6) is -0.0256. The largest absolute Gasteiger partial charge is 0.480 e. The maximum absolute atomic E-state index is 11.3. The van der Waals surface area contributed by atoms with Crippen LogP contribution in [-0.2, 0) is 10.0 Å². The normalized spacial score (nSPS) is 12.8. The molecular weight excluding hydrogens is 272 g/mol. The topological polar surface area (TPSA) is 113 Å². The van der Waals surface area contributed by atoms with Gasteiger partial charge in [-0.25, -0.2) is 13.6 Å². The summed E-state index contributed by atoms with van der Waals surface area (Å²) in [7, 11) is -4.02. The van der Waals surface area contributed by atoms with E-state index in [1.165, 1.54) is 19.1 Å². The Morgan fingerprint density at radius 2 is 2.11 bits per heavy atom. The molecule has 0 saturated carbocycles. The number of sulfonamides is 1.